The standard InChI is InChI=1S/C18H31N5O3S/c1-4-23-12-16(15(2)19-23)11-21-6-8-22(9-7-21)13-18(24)20(3)17-5-10-27(25,26)14-17/h12,17H,4-11,13-14H2,1-3H3/t17-/m1/s1. The third kappa shape index (κ3) is 5.08. The molecule has 8 nitrogen and oxygen atoms in total. The first-order valence-corrected chi connectivity index (χ1v) is 11.5. The molecule has 1 aromatic rings. The van der Waals surface area contributed by atoms with E-state index in [0.29, 0.717) is 13.0 Å². The number of aromatic nitrogens is 2. The van der Waals surface area contributed by atoms with Gasteiger partial charge in [0.25, 0.3) is 0 Å². The first-order valence-electron chi connectivity index (χ1n) is 9.71. The predicted octanol–water partition coefficient (Wildman–Crippen LogP) is -0.0255. The molecule has 0 N–H and O–H groups in total. The highest BCUT2D eigenvalue weighted by molar-refractivity contribution is 7.91. The van der Waals surface area contributed by atoms with Crippen LogP contribution >= 0.6 is 0 Å². The molecule has 2 fully saturated rings. The Morgan fingerprint density at radius 2 is 1.93 bits per heavy atom. The van der Waals surface area contributed by atoms with E-state index in [0.717, 1.165) is 45.0 Å². The van der Waals surface area contributed by atoms with E-state index in [-0.39, 0.29) is 23.5 Å². The van der Waals surface area contributed by atoms with E-state index in [1.807, 2.05) is 4.68 Å². The summed E-state index contributed by atoms with van der Waals surface area (Å²) in [6.45, 7) is 9.83. The van der Waals surface area contributed by atoms with Gasteiger partial charge in [0, 0.05) is 64.1 Å². The lowest BCUT2D eigenvalue weighted by Crippen LogP contribution is -2.50. The third-order valence-corrected chi connectivity index (χ3v) is 7.49. The molecule has 3 rings (SSSR count). The van der Waals surface area contributed by atoms with E-state index in [2.05, 4.69) is 34.9 Å². The average Bonchev–Trinajstić information content (AvgIpc) is 3.17. The lowest BCUT2D eigenvalue weighted by Gasteiger charge is -2.35. The summed E-state index contributed by atoms with van der Waals surface area (Å²) < 4.78 is 25.2. The van der Waals surface area contributed by atoms with E-state index in [4.69, 9.17) is 0 Å². The second-order valence-corrected chi connectivity index (χ2v) is 9.94. The van der Waals surface area contributed by atoms with Crippen molar-refractivity contribution in [2.75, 3.05) is 51.3 Å². The maximum Gasteiger partial charge on any atom is 0.236 e. The van der Waals surface area contributed by atoms with Gasteiger partial charge in [0.05, 0.1) is 23.7 Å². The molecular weight excluding hydrogens is 366 g/mol. The molecule has 0 spiro atoms. The van der Waals surface area contributed by atoms with Gasteiger partial charge in [0.1, 0.15) is 0 Å². The summed E-state index contributed by atoms with van der Waals surface area (Å²) in [4.78, 5) is 18.7. The third-order valence-electron chi connectivity index (χ3n) is 5.74. The van der Waals surface area contributed by atoms with Gasteiger partial charge in [-0.2, -0.15) is 5.10 Å². The number of likely N-dealkylation sites (N-methyl/N-ethyl adjacent to an activating group) is 1. The number of carbonyl (C=O) groups excluding carboxylic acids is 1. The average molecular weight is 398 g/mol. The van der Waals surface area contributed by atoms with Crippen LogP contribution < -0.4 is 0 Å². The molecule has 2 aliphatic rings. The highest BCUT2D eigenvalue weighted by Gasteiger charge is 2.33. The molecule has 2 saturated heterocycles. The van der Waals surface area contributed by atoms with Crippen LogP contribution in [0.25, 0.3) is 0 Å². The highest BCUT2D eigenvalue weighted by atomic mass is 32.2. The van der Waals surface area contributed by atoms with Crippen molar-refractivity contribution >= 4 is 15.7 Å². The number of hydrogen-bond donors (Lipinski definition) is 0. The fourth-order valence-corrected chi connectivity index (χ4v) is 5.58. The van der Waals surface area contributed by atoms with Crippen molar-refractivity contribution in [3.63, 3.8) is 0 Å². The van der Waals surface area contributed by atoms with Crippen molar-refractivity contribution in [3.05, 3.63) is 17.5 Å². The lowest BCUT2D eigenvalue weighted by molar-refractivity contribution is -0.133. The van der Waals surface area contributed by atoms with E-state index in [1.165, 1.54) is 5.56 Å². The second kappa shape index (κ2) is 8.28. The topological polar surface area (TPSA) is 78.8 Å². The Kier molecular flexibility index (Phi) is 6.22. The molecule has 27 heavy (non-hydrogen) atoms. The van der Waals surface area contributed by atoms with E-state index >= 15 is 0 Å². The van der Waals surface area contributed by atoms with Gasteiger partial charge in [0.2, 0.25) is 5.91 Å². The van der Waals surface area contributed by atoms with Gasteiger partial charge in [-0.3, -0.25) is 19.3 Å². The van der Waals surface area contributed by atoms with Crippen LogP contribution in [0.4, 0.5) is 0 Å². The zero-order chi connectivity index (χ0) is 19.6. The van der Waals surface area contributed by atoms with Crippen LogP contribution in [-0.2, 0) is 27.7 Å². The molecule has 1 aromatic heterocycles. The van der Waals surface area contributed by atoms with Crippen LogP contribution in [0.3, 0.4) is 0 Å². The Hall–Kier alpha value is -1.45. The molecule has 0 aliphatic carbocycles. The monoisotopic (exact) mass is 397 g/mol. The van der Waals surface area contributed by atoms with E-state index in [9.17, 15) is 13.2 Å². The number of carbonyl (C=O) groups is 1. The fourth-order valence-electron chi connectivity index (χ4n) is 3.81. The number of sulfone groups is 1. The van der Waals surface area contributed by atoms with Gasteiger partial charge in [-0.25, -0.2) is 8.42 Å². The maximum absolute atomic E-state index is 12.5. The van der Waals surface area contributed by atoms with Gasteiger partial charge >= 0.3 is 0 Å². The summed E-state index contributed by atoms with van der Waals surface area (Å²) in [5, 5.41) is 4.50. The summed E-state index contributed by atoms with van der Waals surface area (Å²) in [5.41, 5.74) is 2.35. The zero-order valence-corrected chi connectivity index (χ0v) is 17.4. The molecule has 0 unspecified atom stereocenters. The molecule has 0 saturated carbocycles. The molecule has 0 aromatic carbocycles. The summed E-state index contributed by atoms with van der Waals surface area (Å²) in [6.07, 6.45) is 2.68. The van der Waals surface area contributed by atoms with E-state index < -0.39 is 9.84 Å². The number of amides is 1. The minimum absolute atomic E-state index is 0.0191. The van der Waals surface area contributed by atoms with E-state index in [1.54, 1.807) is 11.9 Å². The Morgan fingerprint density at radius 1 is 1.26 bits per heavy atom. The number of rotatable bonds is 6. The Bertz CT molecular complexity index is 768. The van der Waals surface area contributed by atoms with Crippen LogP contribution in [0.5, 0.6) is 0 Å². The van der Waals surface area contributed by atoms with Crippen molar-refractivity contribution in [1.29, 1.82) is 0 Å². The maximum atomic E-state index is 12.5. The molecule has 0 bridgehead atoms. The fraction of sp³-hybridized carbons (Fsp3) is 0.778. The van der Waals surface area contributed by atoms with Gasteiger partial charge in [-0.1, -0.05) is 0 Å². The zero-order valence-electron chi connectivity index (χ0n) is 16.6. The number of hydrogen-bond acceptors (Lipinski definition) is 6. The summed E-state index contributed by atoms with van der Waals surface area (Å²) >= 11 is 0. The second-order valence-electron chi connectivity index (χ2n) is 7.71. The van der Waals surface area contributed by atoms with Gasteiger partial charge in [0.15, 0.2) is 9.84 Å². The smallest absolute Gasteiger partial charge is 0.236 e. The quantitative estimate of drug-likeness (QED) is 0.671. The molecule has 3 heterocycles. The molecule has 0 radical (unpaired) electrons. The first kappa shape index (κ1) is 20.3. The number of piperazine rings is 1. The largest absolute Gasteiger partial charge is 0.341 e. The SMILES string of the molecule is CCn1cc(CN2CCN(CC(=O)N(C)[C@@H]3CCS(=O)(=O)C3)CC2)c(C)n1. The normalized spacial score (nSPS) is 23.6. The number of aryl methyl sites for hydroxylation is 2. The van der Waals surface area contributed by atoms with Crippen molar-refractivity contribution in [2.24, 2.45) is 0 Å². The van der Waals surface area contributed by atoms with Crippen molar-refractivity contribution < 1.29 is 13.2 Å². The van der Waals surface area contributed by atoms with Crippen LogP contribution in [0.15, 0.2) is 6.20 Å². The van der Waals surface area contributed by atoms with Gasteiger partial charge in [-0.15, -0.1) is 0 Å². The highest BCUT2D eigenvalue weighted by Crippen LogP contribution is 2.17. The minimum atomic E-state index is -2.97. The molecule has 1 atom stereocenters. The predicted molar refractivity (Wildman–Crippen MR) is 104 cm³/mol. The Balaban J connectivity index is 1.45. The number of nitrogens with zero attached hydrogens (tertiary/aromatic N) is 5. The van der Waals surface area contributed by atoms with Crippen LogP contribution in [0, 0.1) is 6.92 Å². The molecule has 1 amide bonds. The van der Waals surface area contributed by atoms with Crippen molar-refractivity contribution in [3.8, 4) is 0 Å². The minimum Gasteiger partial charge on any atom is -0.341 e. The molecule has 9 heteroatoms. The van der Waals surface area contributed by atoms with Crippen LogP contribution in [0.1, 0.15) is 24.6 Å². The van der Waals surface area contributed by atoms with Crippen molar-refractivity contribution in [2.45, 2.75) is 39.4 Å². The van der Waals surface area contributed by atoms with Gasteiger partial charge in [-0.05, 0) is 20.3 Å². The summed E-state index contributed by atoms with van der Waals surface area (Å²) in [7, 11) is -1.23. The van der Waals surface area contributed by atoms with Gasteiger partial charge < -0.3 is 4.90 Å². The Morgan fingerprint density at radius 3 is 2.48 bits per heavy atom. The van der Waals surface area contributed by atoms with Crippen molar-refractivity contribution in [1.82, 2.24) is 24.5 Å². The first-order chi connectivity index (χ1) is 12.8. The summed E-state index contributed by atoms with van der Waals surface area (Å²) in [5.74, 6) is 0.320. The lowest BCUT2D eigenvalue weighted by atomic mass is 10.2. The molecule has 2 aliphatic heterocycles. The Labute approximate surface area is 162 Å². The summed E-state index contributed by atoms with van der Waals surface area (Å²) in [6, 6.07) is -0.165. The molecule has 152 valence electrons. The van der Waals surface area contributed by atoms with Crippen LogP contribution in [-0.4, -0.2) is 96.1 Å². The van der Waals surface area contributed by atoms with Crippen LogP contribution in [0.2, 0.25) is 0 Å². The molecular formula is C18H31N5O3S.